The molecule has 1 rings (SSSR count). The number of nitrogens with one attached hydrogen (secondary N) is 4. The molecule has 0 unspecified atom stereocenters. The Labute approximate surface area is 220 Å². The van der Waals surface area contributed by atoms with E-state index >= 15 is 0 Å². The average Bonchev–Trinajstić information content (AvgIpc) is 2.85. The first-order valence-corrected chi connectivity index (χ1v) is 13.5. The van der Waals surface area contributed by atoms with Crippen molar-refractivity contribution in [3.05, 3.63) is 29.3 Å². The minimum Gasteiger partial charge on any atom is -0.492 e. The van der Waals surface area contributed by atoms with Crippen LogP contribution in [0.4, 0.5) is 0 Å². The quantitative estimate of drug-likeness (QED) is 0.0597. The summed E-state index contributed by atoms with van der Waals surface area (Å²) in [6, 6.07) is 5.27. The molecule has 0 spiro atoms. The van der Waals surface area contributed by atoms with Crippen LogP contribution in [0, 0.1) is 5.41 Å². The smallest absolute Gasteiger partial charge is 0.237 e. The zero-order valence-corrected chi connectivity index (χ0v) is 22.3. The largest absolute Gasteiger partial charge is 0.492 e. The molecule has 0 aliphatic carbocycles. The maximum Gasteiger partial charge on any atom is 0.237 e. The first-order valence-electron chi connectivity index (χ1n) is 12.2. The molecule has 35 heavy (non-hydrogen) atoms. The number of unbranched alkanes of at least 4 members (excludes halogenated alkanes) is 4. The van der Waals surface area contributed by atoms with Crippen molar-refractivity contribution in [3.8, 4) is 5.75 Å². The van der Waals surface area contributed by atoms with E-state index in [9.17, 15) is 9.59 Å². The molecular formula is C24H42N6O3S2. The highest BCUT2D eigenvalue weighted by atomic mass is 32.1. The molecule has 0 aromatic heterocycles. The van der Waals surface area contributed by atoms with Crippen LogP contribution < -0.4 is 32.2 Å². The van der Waals surface area contributed by atoms with Crippen molar-refractivity contribution in [2.24, 2.45) is 11.5 Å². The summed E-state index contributed by atoms with van der Waals surface area (Å²) in [5.74, 6) is 1.87. The predicted octanol–water partition coefficient (Wildman–Crippen LogP) is 2.09. The minimum absolute atomic E-state index is 0.0236. The van der Waals surface area contributed by atoms with Crippen molar-refractivity contribution in [1.29, 1.82) is 5.41 Å². The number of nitrogens with two attached hydrogens (primary N) is 2. The summed E-state index contributed by atoms with van der Waals surface area (Å²) in [6.45, 7) is 2.04. The predicted molar refractivity (Wildman–Crippen MR) is 148 cm³/mol. The lowest BCUT2D eigenvalue weighted by Gasteiger charge is -2.13. The maximum atomic E-state index is 12.2. The van der Waals surface area contributed by atoms with Crippen LogP contribution in [0.1, 0.15) is 62.5 Å². The highest BCUT2D eigenvalue weighted by Gasteiger charge is 2.12. The number of ether oxygens (including phenoxy) is 1. The van der Waals surface area contributed by atoms with Gasteiger partial charge >= 0.3 is 0 Å². The van der Waals surface area contributed by atoms with E-state index in [1.807, 2.05) is 18.2 Å². The number of rotatable bonds is 19. The van der Waals surface area contributed by atoms with Gasteiger partial charge in [-0.2, -0.15) is 25.3 Å². The molecule has 0 bridgehead atoms. The van der Waals surface area contributed by atoms with Crippen LogP contribution in [-0.2, 0) is 21.1 Å². The SMILES string of the molecule is N=C(N)NCCCCCC(=O)NCCCCC[C@@H](N)C(=O)NCCOc1ccc(CS)c(CS)c1. The molecule has 1 aromatic carbocycles. The van der Waals surface area contributed by atoms with Gasteiger partial charge in [0.2, 0.25) is 11.8 Å². The van der Waals surface area contributed by atoms with Gasteiger partial charge in [0.05, 0.1) is 12.6 Å². The Hall–Kier alpha value is -2.11. The summed E-state index contributed by atoms with van der Waals surface area (Å²) in [7, 11) is 0. The third-order valence-electron chi connectivity index (χ3n) is 5.44. The standard InChI is InChI=1S/C24H42N6O3S2/c25-21(7-3-1-5-11-28-22(31)8-4-2-6-12-30-24(26)27)23(32)29-13-14-33-20-10-9-18(16-34)19(15-20)17-35/h9-10,15,21,34-35H,1-8,11-14,16-17,25H2,(H,28,31)(H,29,32)(H4,26,27,30)/t21-/m1/s1. The first kappa shape index (κ1) is 30.9. The Balaban J connectivity index is 2.03. The molecule has 0 aliphatic rings. The molecule has 0 heterocycles. The molecule has 1 atom stereocenters. The molecule has 0 saturated carbocycles. The zero-order valence-electron chi connectivity index (χ0n) is 20.5. The van der Waals surface area contributed by atoms with Crippen LogP contribution in [-0.4, -0.2) is 50.1 Å². The van der Waals surface area contributed by atoms with Gasteiger partial charge in [-0.25, -0.2) is 0 Å². The van der Waals surface area contributed by atoms with Crippen molar-refractivity contribution in [1.82, 2.24) is 16.0 Å². The van der Waals surface area contributed by atoms with Crippen LogP contribution in [0.2, 0.25) is 0 Å². The number of hydrogen-bond donors (Lipinski definition) is 8. The number of carbonyl (C=O) groups is 2. The van der Waals surface area contributed by atoms with E-state index in [1.165, 1.54) is 0 Å². The molecular weight excluding hydrogens is 484 g/mol. The van der Waals surface area contributed by atoms with Crippen molar-refractivity contribution in [3.63, 3.8) is 0 Å². The zero-order chi connectivity index (χ0) is 25.9. The fourth-order valence-electron chi connectivity index (χ4n) is 3.39. The summed E-state index contributed by atoms with van der Waals surface area (Å²) in [5.41, 5.74) is 13.4. The van der Waals surface area contributed by atoms with Gasteiger partial charge in [0, 0.05) is 31.0 Å². The molecule has 1 aromatic rings. The second kappa shape index (κ2) is 19.1. The topological polar surface area (TPSA) is 155 Å². The molecule has 0 saturated heterocycles. The Morgan fingerprint density at radius 3 is 2.29 bits per heavy atom. The average molecular weight is 527 g/mol. The van der Waals surface area contributed by atoms with Gasteiger partial charge in [0.15, 0.2) is 5.96 Å². The van der Waals surface area contributed by atoms with Crippen LogP contribution in [0.3, 0.4) is 0 Å². The van der Waals surface area contributed by atoms with Gasteiger partial charge in [-0.05, 0) is 48.9 Å². The van der Waals surface area contributed by atoms with E-state index in [4.69, 9.17) is 21.6 Å². The number of benzene rings is 1. The summed E-state index contributed by atoms with van der Waals surface area (Å²) >= 11 is 8.64. The fourth-order valence-corrected chi connectivity index (χ4v) is 3.99. The summed E-state index contributed by atoms with van der Waals surface area (Å²) in [5, 5.41) is 15.5. The maximum absolute atomic E-state index is 12.2. The molecule has 9 nitrogen and oxygen atoms in total. The normalized spacial score (nSPS) is 11.5. The van der Waals surface area contributed by atoms with Crippen LogP contribution >= 0.6 is 25.3 Å². The molecule has 198 valence electrons. The third kappa shape index (κ3) is 14.8. The number of amides is 2. The first-order chi connectivity index (χ1) is 16.9. The van der Waals surface area contributed by atoms with Crippen LogP contribution in [0.15, 0.2) is 18.2 Å². The van der Waals surface area contributed by atoms with Crippen molar-refractivity contribution >= 4 is 43.0 Å². The summed E-state index contributed by atoms with van der Waals surface area (Å²) in [6.07, 6.45) is 6.31. The lowest BCUT2D eigenvalue weighted by atomic mass is 10.1. The van der Waals surface area contributed by atoms with Crippen LogP contribution in [0.25, 0.3) is 0 Å². The van der Waals surface area contributed by atoms with Crippen molar-refractivity contribution < 1.29 is 14.3 Å². The van der Waals surface area contributed by atoms with Gasteiger partial charge in [0.25, 0.3) is 0 Å². The highest BCUT2D eigenvalue weighted by Crippen LogP contribution is 2.20. The van der Waals surface area contributed by atoms with E-state index in [0.29, 0.717) is 50.6 Å². The lowest BCUT2D eigenvalue weighted by molar-refractivity contribution is -0.122. The van der Waals surface area contributed by atoms with E-state index in [1.54, 1.807) is 0 Å². The van der Waals surface area contributed by atoms with Gasteiger partial charge in [-0.15, -0.1) is 0 Å². The monoisotopic (exact) mass is 526 g/mol. The second-order valence-corrected chi connectivity index (χ2v) is 8.98. The third-order valence-corrected chi connectivity index (χ3v) is 6.12. The van der Waals surface area contributed by atoms with Gasteiger partial charge in [-0.3, -0.25) is 15.0 Å². The van der Waals surface area contributed by atoms with E-state index in [0.717, 1.165) is 55.4 Å². The van der Waals surface area contributed by atoms with E-state index < -0.39 is 6.04 Å². The highest BCUT2D eigenvalue weighted by molar-refractivity contribution is 7.79. The number of hydrogen-bond acceptors (Lipinski definition) is 7. The number of guanidine groups is 1. The van der Waals surface area contributed by atoms with Crippen LogP contribution in [0.5, 0.6) is 5.75 Å². The lowest BCUT2D eigenvalue weighted by Crippen LogP contribution is -2.42. The summed E-state index contributed by atoms with van der Waals surface area (Å²) in [4.78, 5) is 24.0. The number of thiol groups is 2. The fraction of sp³-hybridized carbons (Fsp3) is 0.625. The molecule has 0 aliphatic heterocycles. The summed E-state index contributed by atoms with van der Waals surface area (Å²) < 4.78 is 5.71. The van der Waals surface area contributed by atoms with E-state index in [2.05, 4.69) is 41.2 Å². The van der Waals surface area contributed by atoms with Gasteiger partial charge in [-0.1, -0.05) is 25.3 Å². The van der Waals surface area contributed by atoms with E-state index in [-0.39, 0.29) is 17.8 Å². The molecule has 2 amide bonds. The van der Waals surface area contributed by atoms with Crippen molar-refractivity contribution in [2.75, 3.05) is 26.2 Å². The molecule has 0 fully saturated rings. The van der Waals surface area contributed by atoms with Gasteiger partial charge in [0.1, 0.15) is 12.4 Å². The van der Waals surface area contributed by atoms with Gasteiger partial charge < -0.3 is 32.2 Å². The minimum atomic E-state index is -0.549. The molecule has 0 radical (unpaired) electrons. The molecule has 11 heteroatoms. The molecule has 8 N–H and O–H groups in total. The van der Waals surface area contributed by atoms with Crippen molar-refractivity contribution in [2.45, 2.75) is 68.9 Å². The number of carbonyl (C=O) groups excluding carboxylic acids is 2. The second-order valence-electron chi connectivity index (χ2n) is 8.34. The Morgan fingerprint density at radius 2 is 1.60 bits per heavy atom. The Bertz CT molecular complexity index is 782. The Morgan fingerprint density at radius 1 is 0.914 bits per heavy atom. The Kier molecular flexibility index (Phi) is 16.9.